The number of benzene rings is 4. The first-order valence-electron chi connectivity index (χ1n) is 15.9. The van der Waals surface area contributed by atoms with E-state index in [1.807, 2.05) is 91.0 Å². The Morgan fingerprint density at radius 1 is 0.667 bits per heavy atom. The minimum absolute atomic E-state index is 0.242. The molecule has 0 saturated carbocycles. The highest BCUT2D eigenvalue weighted by molar-refractivity contribution is 6.04. The normalized spacial score (nSPS) is 18.1. The minimum atomic E-state index is -0.256. The van der Waals surface area contributed by atoms with Crippen LogP contribution in [0.15, 0.2) is 144 Å². The zero-order chi connectivity index (χ0) is 31.9. The maximum absolute atomic E-state index is 6.79. The van der Waals surface area contributed by atoms with Gasteiger partial charge >= 0.3 is 0 Å². The number of hydrogen-bond donors (Lipinski definition) is 0. The van der Waals surface area contributed by atoms with Gasteiger partial charge in [-0.15, -0.1) is 0 Å². The van der Waals surface area contributed by atoms with E-state index < -0.39 is 0 Å². The summed E-state index contributed by atoms with van der Waals surface area (Å²) in [6.07, 6.45) is 16.1. The van der Waals surface area contributed by atoms with Crippen LogP contribution in [0.3, 0.4) is 0 Å². The van der Waals surface area contributed by atoms with Crippen molar-refractivity contribution in [2.45, 2.75) is 12.0 Å². The molecule has 3 aliphatic rings. The lowest BCUT2D eigenvalue weighted by molar-refractivity contribution is 0.602. The van der Waals surface area contributed by atoms with Gasteiger partial charge in [-0.05, 0) is 36.4 Å². The largest absolute Gasteiger partial charge is 0.453 e. The fourth-order valence-corrected chi connectivity index (χ4v) is 6.48. The van der Waals surface area contributed by atoms with E-state index in [1.54, 1.807) is 0 Å². The number of aromatic nitrogens is 3. The summed E-state index contributed by atoms with van der Waals surface area (Å²) in [7, 11) is 0. The Balaban J connectivity index is 1.43. The van der Waals surface area contributed by atoms with Gasteiger partial charge in [-0.2, -0.15) is 0 Å². The quantitative estimate of drug-likeness (QED) is 0.185. The number of hydrogen-bond acceptors (Lipinski definition) is 5. The zero-order valence-electron chi connectivity index (χ0n) is 25.7. The Hall–Kier alpha value is -6.69. The topological polar surface area (TPSA) is 55.1 Å². The van der Waals surface area contributed by atoms with Crippen molar-refractivity contribution in [2.24, 2.45) is 0 Å². The number of nitrogens with zero attached hydrogens (tertiary/aromatic N) is 4. The van der Waals surface area contributed by atoms with Crippen LogP contribution in [-0.4, -0.2) is 21.0 Å². The molecule has 0 saturated heterocycles. The molecule has 2 aromatic heterocycles. The maximum Gasteiger partial charge on any atom is 0.164 e. The second-order valence-electron chi connectivity index (χ2n) is 11.6. The van der Waals surface area contributed by atoms with Crippen molar-refractivity contribution in [3.8, 4) is 57.8 Å². The fourth-order valence-electron chi connectivity index (χ4n) is 6.48. The van der Waals surface area contributed by atoms with Gasteiger partial charge < -0.3 is 9.32 Å². The minimum Gasteiger partial charge on any atom is -0.453 e. The van der Waals surface area contributed by atoms with Crippen LogP contribution in [0.2, 0.25) is 0 Å². The van der Waals surface area contributed by atoms with Crippen LogP contribution in [0.25, 0.3) is 51.2 Å². The standard InChI is InChI=1S/C43H26N4O/c1-2-13-25-37-34(24-12-1)35-28-36(43-45-41(30-17-6-3-7-18-30)44-42(46-43)31-19-8-4-9-20-31)38-29-16-14-15-23-33(27-26-29)47(39(38)40(35)48-37)32-21-10-5-11-22-32/h1-11,13-23,25,28-29,33H/b2-1?,13-2?,16-14?,23-15-,25-13-,37-25?. The van der Waals surface area contributed by atoms with E-state index in [0.29, 0.717) is 23.2 Å². The van der Waals surface area contributed by atoms with Crippen molar-refractivity contribution >= 4 is 28.4 Å². The van der Waals surface area contributed by atoms with Crippen LogP contribution in [0.4, 0.5) is 11.4 Å². The monoisotopic (exact) mass is 614 g/mol. The third-order valence-electron chi connectivity index (χ3n) is 8.66. The number of para-hydroxylation sites is 1. The molecule has 0 fully saturated rings. The molecule has 9 rings (SSSR count). The van der Waals surface area contributed by atoms with Crippen molar-refractivity contribution in [1.29, 1.82) is 0 Å². The van der Waals surface area contributed by atoms with Gasteiger partial charge in [-0.1, -0.05) is 133 Å². The second kappa shape index (κ2) is 11.6. The predicted octanol–water partition coefficient (Wildman–Crippen LogP) is 9.29. The molecule has 1 aliphatic heterocycles. The number of allylic oxidation sites excluding steroid dienone is 6. The zero-order valence-corrected chi connectivity index (χ0v) is 25.7. The molecule has 2 bridgehead atoms. The highest BCUT2D eigenvalue weighted by atomic mass is 16.3. The molecular formula is C43H26N4O. The van der Waals surface area contributed by atoms with Crippen LogP contribution < -0.4 is 4.90 Å². The molecule has 0 N–H and O–H groups in total. The first kappa shape index (κ1) is 27.6. The van der Waals surface area contributed by atoms with Crippen LogP contribution in [-0.2, 0) is 0 Å². The summed E-state index contributed by atoms with van der Waals surface area (Å²) in [6, 6.07) is 32.4. The van der Waals surface area contributed by atoms with Gasteiger partial charge in [0.15, 0.2) is 23.1 Å². The Bertz CT molecular complexity index is 2410. The smallest absolute Gasteiger partial charge is 0.164 e. The Kier molecular flexibility index (Phi) is 6.67. The van der Waals surface area contributed by atoms with E-state index in [9.17, 15) is 0 Å². The maximum atomic E-state index is 6.79. The van der Waals surface area contributed by atoms with Crippen molar-refractivity contribution in [3.63, 3.8) is 0 Å². The molecule has 4 aromatic carbocycles. The summed E-state index contributed by atoms with van der Waals surface area (Å²) in [4.78, 5) is 17.6. The Morgan fingerprint density at radius 2 is 1.33 bits per heavy atom. The molecule has 6 aromatic rings. The van der Waals surface area contributed by atoms with Crippen molar-refractivity contribution in [3.05, 3.63) is 156 Å². The lowest BCUT2D eigenvalue weighted by Gasteiger charge is -2.30. The Morgan fingerprint density at radius 3 is 2.06 bits per heavy atom. The first-order valence-corrected chi connectivity index (χ1v) is 15.9. The summed E-state index contributed by atoms with van der Waals surface area (Å²) in [5.41, 5.74) is 7.13. The molecule has 0 amide bonds. The summed E-state index contributed by atoms with van der Waals surface area (Å²) in [5.74, 6) is 15.9. The SMILES string of the molecule is C1#Cc2c(oc3c4c(c(-c5nc(-c6ccccc6)nc(-c6ccccc6)n5)cc23)C2C#CC(/C=C\C=C2)N4c2ccccc2)/C=C\C=C1. The number of furan rings is 1. The Labute approximate surface area is 278 Å². The lowest BCUT2D eigenvalue weighted by Crippen LogP contribution is -2.28. The van der Waals surface area contributed by atoms with Crippen LogP contribution >= 0.6 is 0 Å². The third-order valence-corrected chi connectivity index (χ3v) is 8.66. The number of rotatable bonds is 4. The van der Waals surface area contributed by atoms with Crippen molar-refractivity contribution in [1.82, 2.24) is 15.0 Å². The average Bonchev–Trinajstić information content (AvgIpc) is 3.40. The molecule has 2 unspecified atom stereocenters. The molecule has 0 spiro atoms. The van der Waals surface area contributed by atoms with Gasteiger partial charge in [0.2, 0.25) is 0 Å². The van der Waals surface area contributed by atoms with Crippen molar-refractivity contribution in [2.75, 3.05) is 4.90 Å². The van der Waals surface area contributed by atoms with Crippen molar-refractivity contribution < 1.29 is 4.42 Å². The molecular weight excluding hydrogens is 589 g/mol. The number of anilines is 2. The highest BCUT2D eigenvalue weighted by Crippen LogP contribution is 2.49. The third kappa shape index (κ3) is 4.74. The molecule has 48 heavy (non-hydrogen) atoms. The number of fused-ring (bicyclic) bond motifs is 8. The molecule has 224 valence electrons. The van der Waals surface area contributed by atoms with Gasteiger partial charge in [-0.25, -0.2) is 15.0 Å². The fraction of sp³-hybridized carbons (Fsp3) is 0.0465. The summed E-state index contributed by atoms with van der Waals surface area (Å²) < 4.78 is 6.79. The van der Waals surface area contributed by atoms with E-state index in [-0.39, 0.29) is 12.0 Å². The van der Waals surface area contributed by atoms with Gasteiger partial charge in [0, 0.05) is 33.3 Å². The molecule has 2 atom stereocenters. The molecule has 2 aliphatic carbocycles. The van der Waals surface area contributed by atoms with Gasteiger partial charge in [0.05, 0.1) is 17.2 Å². The molecule has 0 radical (unpaired) electrons. The highest BCUT2D eigenvalue weighted by Gasteiger charge is 2.34. The average molecular weight is 615 g/mol. The van der Waals surface area contributed by atoms with Gasteiger partial charge in [0.25, 0.3) is 0 Å². The van der Waals surface area contributed by atoms with Gasteiger partial charge in [-0.3, -0.25) is 0 Å². The van der Waals surface area contributed by atoms with E-state index in [0.717, 1.165) is 50.2 Å². The summed E-state index contributed by atoms with van der Waals surface area (Å²) >= 11 is 0. The van der Waals surface area contributed by atoms with E-state index in [4.69, 9.17) is 19.4 Å². The molecule has 5 heteroatoms. The molecule has 5 nitrogen and oxygen atoms in total. The summed E-state index contributed by atoms with van der Waals surface area (Å²) in [5, 5.41) is 0.890. The predicted molar refractivity (Wildman–Crippen MR) is 192 cm³/mol. The second-order valence-corrected chi connectivity index (χ2v) is 11.6. The van der Waals surface area contributed by atoms with Crippen LogP contribution in [0.1, 0.15) is 22.8 Å². The van der Waals surface area contributed by atoms with E-state index in [2.05, 4.69) is 83.2 Å². The van der Waals surface area contributed by atoms with E-state index in [1.165, 1.54) is 0 Å². The van der Waals surface area contributed by atoms with Crippen LogP contribution in [0, 0.1) is 23.7 Å². The lowest BCUT2D eigenvalue weighted by atomic mass is 9.89. The first-order chi connectivity index (χ1) is 23.8. The van der Waals surface area contributed by atoms with E-state index >= 15 is 0 Å². The van der Waals surface area contributed by atoms with Crippen LogP contribution in [0.5, 0.6) is 0 Å². The molecule has 3 heterocycles. The summed E-state index contributed by atoms with van der Waals surface area (Å²) in [6.45, 7) is 0. The van der Waals surface area contributed by atoms with Gasteiger partial charge in [0.1, 0.15) is 11.8 Å².